The number of hydrogen-bond donors (Lipinski definition) is 1. The molecule has 0 amide bonds. The summed E-state index contributed by atoms with van der Waals surface area (Å²) >= 11 is 1.52. The summed E-state index contributed by atoms with van der Waals surface area (Å²) in [4.78, 5) is 20.6. The van der Waals surface area contributed by atoms with Gasteiger partial charge in [0.25, 0.3) is 0 Å². The van der Waals surface area contributed by atoms with Crippen molar-refractivity contribution in [2.24, 2.45) is 0 Å². The summed E-state index contributed by atoms with van der Waals surface area (Å²) < 4.78 is 0. The Labute approximate surface area is 116 Å². The summed E-state index contributed by atoms with van der Waals surface area (Å²) in [5.74, 6) is -0.0326. The van der Waals surface area contributed by atoms with E-state index in [9.17, 15) is 4.79 Å². The molecule has 0 aromatic carbocycles. The molecule has 19 heavy (non-hydrogen) atoms. The van der Waals surface area contributed by atoms with Crippen LogP contribution in [0.3, 0.4) is 0 Å². The fourth-order valence-corrected chi connectivity index (χ4v) is 2.55. The number of thiazole rings is 1. The third-order valence-corrected chi connectivity index (χ3v) is 3.55. The van der Waals surface area contributed by atoms with Crippen molar-refractivity contribution in [3.05, 3.63) is 40.1 Å². The second kappa shape index (κ2) is 5.09. The maximum Gasteiger partial charge on any atom is 0.187 e. The first-order chi connectivity index (χ1) is 8.86. The van der Waals surface area contributed by atoms with Crippen LogP contribution in [0.15, 0.2) is 23.7 Å². The van der Waals surface area contributed by atoms with Crippen LogP contribution in [-0.2, 0) is 11.8 Å². The molecule has 2 heterocycles. The predicted molar refractivity (Wildman–Crippen MR) is 77.5 cm³/mol. The molecule has 100 valence electrons. The first-order valence-electron chi connectivity index (χ1n) is 6.06. The van der Waals surface area contributed by atoms with E-state index in [0.717, 1.165) is 10.7 Å². The number of ketones is 1. The van der Waals surface area contributed by atoms with E-state index >= 15 is 0 Å². The molecular weight excluding hydrogens is 258 g/mol. The summed E-state index contributed by atoms with van der Waals surface area (Å²) in [6, 6.07) is 3.33. The number of hydrogen-bond acceptors (Lipinski definition) is 5. The van der Waals surface area contributed by atoms with E-state index in [4.69, 9.17) is 5.73 Å². The average Bonchev–Trinajstić information content (AvgIpc) is 2.78. The molecule has 0 bridgehead atoms. The minimum atomic E-state index is -0.0326. The highest BCUT2D eigenvalue weighted by Gasteiger charge is 2.18. The summed E-state index contributed by atoms with van der Waals surface area (Å²) in [6.45, 7) is 6.32. The molecule has 5 heteroatoms. The van der Waals surface area contributed by atoms with Gasteiger partial charge in [-0.3, -0.25) is 9.78 Å². The Morgan fingerprint density at radius 3 is 2.63 bits per heavy atom. The number of Topliss-reactive ketones (excluding diaryl/α,β-unsaturated/α-hetero) is 1. The maximum absolute atomic E-state index is 12.0. The highest BCUT2D eigenvalue weighted by Crippen LogP contribution is 2.24. The largest absolute Gasteiger partial charge is 0.397 e. The molecule has 0 atom stereocenters. The Morgan fingerprint density at radius 1 is 1.37 bits per heavy atom. The number of nitrogens with two attached hydrogens (primary N) is 1. The molecule has 0 aliphatic rings. The molecule has 0 radical (unpaired) electrons. The number of nitrogen functional groups attached to an aromatic ring is 1. The minimum Gasteiger partial charge on any atom is -0.397 e. The van der Waals surface area contributed by atoms with Crippen LogP contribution in [0.25, 0.3) is 0 Å². The third kappa shape index (κ3) is 3.38. The van der Waals surface area contributed by atoms with Gasteiger partial charge in [0.15, 0.2) is 5.78 Å². The highest BCUT2D eigenvalue weighted by molar-refractivity contribution is 7.09. The van der Waals surface area contributed by atoms with Crippen molar-refractivity contribution in [3.63, 3.8) is 0 Å². The maximum atomic E-state index is 12.0. The predicted octanol–water partition coefficient (Wildman–Crippen LogP) is 2.84. The number of aromatic nitrogens is 2. The Hall–Kier alpha value is -1.75. The summed E-state index contributed by atoms with van der Waals surface area (Å²) in [7, 11) is 0. The molecule has 0 aliphatic carbocycles. The molecule has 4 nitrogen and oxygen atoms in total. The van der Waals surface area contributed by atoms with Gasteiger partial charge >= 0.3 is 0 Å². The number of anilines is 1. The Morgan fingerprint density at radius 2 is 2.11 bits per heavy atom. The van der Waals surface area contributed by atoms with Gasteiger partial charge in [-0.15, -0.1) is 11.3 Å². The molecule has 0 aliphatic heterocycles. The Kier molecular flexibility index (Phi) is 3.66. The standard InChI is InChI=1S/C14H17N3OS/c1-14(2,3)12-8-19-13(17-12)6-11(18)10-5-4-9(15)7-16-10/h4-5,7-8H,6,15H2,1-3H3. The van der Waals surface area contributed by atoms with Crippen molar-refractivity contribution in [1.82, 2.24) is 9.97 Å². The zero-order valence-corrected chi connectivity index (χ0v) is 12.1. The topological polar surface area (TPSA) is 68.9 Å². The van der Waals surface area contributed by atoms with E-state index in [1.807, 2.05) is 5.38 Å². The lowest BCUT2D eigenvalue weighted by Gasteiger charge is -2.14. The van der Waals surface area contributed by atoms with Crippen molar-refractivity contribution >= 4 is 22.8 Å². The lowest BCUT2D eigenvalue weighted by atomic mass is 9.93. The SMILES string of the molecule is CC(C)(C)c1csc(CC(=O)c2ccc(N)cn2)n1. The molecule has 2 N–H and O–H groups in total. The van der Waals surface area contributed by atoms with Crippen molar-refractivity contribution in [2.45, 2.75) is 32.6 Å². The fraction of sp³-hybridized carbons (Fsp3) is 0.357. The molecule has 0 unspecified atom stereocenters. The second-order valence-corrected chi connectivity index (χ2v) is 6.40. The summed E-state index contributed by atoms with van der Waals surface area (Å²) in [6.07, 6.45) is 1.79. The second-order valence-electron chi connectivity index (χ2n) is 5.45. The zero-order valence-electron chi connectivity index (χ0n) is 11.3. The normalized spacial score (nSPS) is 11.5. The van der Waals surface area contributed by atoms with Crippen LogP contribution < -0.4 is 5.73 Å². The van der Waals surface area contributed by atoms with E-state index < -0.39 is 0 Å². The van der Waals surface area contributed by atoms with Gasteiger partial charge < -0.3 is 5.73 Å². The minimum absolute atomic E-state index is 0.0112. The van der Waals surface area contributed by atoms with Crippen LogP contribution >= 0.6 is 11.3 Å². The van der Waals surface area contributed by atoms with E-state index in [1.165, 1.54) is 17.5 Å². The van der Waals surface area contributed by atoms with Crippen molar-refractivity contribution < 1.29 is 4.79 Å². The van der Waals surface area contributed by atoms with Gasteiger partial charge in [-0.1, -0.05) is 20.8 Å². The summed E-state index contributed by atoms with van der Waals surface area (Å²) in [5.41, 5.74) is 7.57. The van der Waals surface area contributed by atoms with E-state index in [-0.39, 0.29) is 17.6 Å². The average molecular weight is 275 g/mol. The lowest BCUT2D eigenvalue weighted by molar-refractivity contribution is 0.0988. The van der Waals surface area contributed by atoms with Gasteiger partial charge in [-0.05, 0) is 12.1 Å². The first kappa shape index (κ1) is 13.7. The number of nitrogens with zero attached hydrogens (tertiary/aromatic N) is 2. The molecule has 2 rings (SSSR count). The van der Waals surface area contributed by atoms with Crippen LogP contribution in [0.2, 0.25) is 0 Å². The number of rotatable bonds is 3. The molecular formula is C14H17N3OS. The number of carbonyl (C=O) groups is 1. The molecule has 0 saturated heterocycles. The van der Waals surface area contributed by atoms with Gasteiger partial charge in [0.1, 0.15) is 10.7 Å². The molecule has 0 saturated carbocycles. The quantitative estimate of drug-likeness (QED) is 0.874. The van der Waals surface area contributed by atoms with Crippen molar-refractivity contribution in [2.75, 3.05) is 5.73 Å². The van der Waals surface area contributed by atoms with Gasteiger partial charge in [0.2, 0.25) is 0 Å². The van der Waals surface area contributed by atoms with Crippen LogP contribution in [-0.4, -0.2) is 15.8 Å². The molecule has 2 aromatic heterocycles. The zero-order chi connectivity index (χ0) is 14.0. The lowest BCUT2D eigenvalue weighted by Crippen LogP contribution is -2.12. The van der Waals surface area contributed by atoms with E-state index in [1.54, 1.807) is 12.1 Å². The monoisotopic (exact) mass is 275 g/mol. The van der Waals surface area contributed by atoms with Crippen molar-refractivity contribution in [3.8, 4) is 0 Å². The van der Waals surface area contributed by atoms with Gasteiger partial charge in [-0.2, -0.15) is 0 Å². The highest BCUT2D eigenvalue weighted by atomic mass is 32.1. The molecule has 2 aromatic rings. The third-order valence-electron chi connectivity index (χ3n) is 2.70. The number of carbonyl (C=O) groups excluding carboxylic acids is 1. The van der Waals surface area contributed by atoms with Crippen molar-refractivity contribution in [1.29, 1.82) is 0 Å². The Balaban J connectivity index is 2.11. The van der Waals surface area contributed by atoms with Crippen LogP contribution in [0.5, 0.6) is 0 Å². The number of pyridine rings is 1. The van der Waals surface area contributed by atoms with Crippen LogP contribution in [0.4, 0.5) is 5.69 Å². The van der Waals surface area contributed by atoms with Crippen LogP contribution in [0, 0.1) is 0 Å². The fourth-order valence-electron chi connectivity index (χ4n) is 1.53. The van der Waals surface area contributed by atoms with Crippen LogP contribution in [0.1, 0.15) is 42.0 Å². The molecule has 0 spiro atoms. The summed E-state index contributed by atoms with van der Waals surface area (Å²) in [5, 5.41) is 2.84. The van der Waals surface area contributed by atoms with E-state index in [2.05, 4.69) is 30.7 Å². The van der Waals surface area contributed by atoms with Gasteiger partial charge in [0, 0.05) is 10.8 Å². The Bertz CT molecular complexity index is 581. The van der Waals surface area contributed by atoms with E-state index in [0.29, 0.717) is 11.4 Å². The first-order valence-corrected chi connectivity index (χ1v) is 6.94. The van der Waals surface area contributed by atoms with Gasteiger partial charge in [-0.25, -0.2) is 4.98 Å². The molecule has 0 fully saturated rings. The smallest absolute Gasteiger partial charge is 0.187 e. The van der Waals surface area contributed by atoms with Gasteiger partial charge in [0.05, 0.1) is 24.0 Å².